The Labute approximate surface area is 175 Å². The summed E-state index contributed by atoms with van der Waals surface area (Å²) in [6, 6.07) is 3.60. The zero-order chi connectivity index (χ0) is 21.5. The van der Waals surface area contributed by atoms with Crippen LogP contribution in [0, 0.1) is 5.92 Å². The number of nitrogens with one attached hydrogen (secondary N) is 1. The summed E-state index contributed by atoms with van der Waals surface area (Å²) < 4.78 is 21.8. The van der Waals surface area contributed by atoms with Gasteiger partial charge >= 0.3 is 0 Å². The van der Waals surface area contributed by atoms with Gasteiger partial charge in [0.15, 0.2) is 11.5 Å². The van der Waals surface area contributed by atoms with Gasteiger partial charge in [-0.05, 0) is 37.0 Å². The summed E-state index contributed by atoms with van der Waals surface area (Å²) in [6.45, 7) is 6.48. The van der Waals surface area contributed by atoms with Gasteiger partial charge in [-0.15, -0.1) is 0 Å². The molecule has 6 nitrogen and oxygen atoms in total. The zero-order valence-corrected chi connectivity index (χ0v) is 18.6. The van der Waals surface area contributed by atoms with E-state index in [0.29, 0.717) is 36.3 Å². The van der Waals surface area contributed by atoms with Crippen LogP contribution in [-0.4, -0.2) is 47.0 Å². The van der Waals surface area contributed by atoms with Gasteiger partial charge in [0, 0.05) is 31.4 Å². The first-order chi connectivity index (χ1) is 14.1. The number of unbranched alkanes of at least 4 members (excludes halogenated alkanes) is 1. The quantitative estimate of drug-likeness (QED) is 0.343. The third kappa shape index (κ3) is 8.77. The molecule has 0 aliphatic carbocycles. The maximum Gasteiger partial charge on any atom is 0.244 e. The van der Waals surface area contributed by atoms with Crippen molar-refractivity contribution in [3.05, 3.63) is 23.8 Å². The van der Waals surface area contributed by atoms with Crippen molar-refractivity contribution in [3.8, 4) is 17.2 Å². The highest BCUT2D eigenvalue weighted by Crippen LogP contribution is 2.40. The molecule has 0 fully saturated rings. The zero-order valence-electron chi connectivity index (χ0n) is 18.6. The Balaban J connectivity index is 2.41. The van der Waals surface area contributed by atoms with Gasteiger partial charge in [-0.25, -0.2) is 0 Å². The minimum Gasteiger partial charge on any atom is -0.493 e. The first kappa shape index (κ1) is 24.8. The third-order valence-electron chi connectivity index (χ3n) is 4.81. The molecule has 1 aromatic rings. The SMILES string of the molecule is CCCCC(CC)COCCCNC(=O)C=Cc1ccc(OC)c(OC)c1OC. The van der Waals surface area contributed by atoms with Crippen LogP contribution in [0.15, 0.2) is 18.2 Å². The average molecular weight is 408 g/mol. The molecule has 1 N–H and O–H groups in total. The summed E-state index contributed by atoms with van der Waals surface area (Å²) in [6.07, 6.45) is 8.85. The van der Waals surface area contributed by atoms with Crippen molar-refractivity contribution in [2.75, 3.05) is 41.1 Å². The molecule has 0 aliphatic heterocycles. The fourth-order valence-electron chi connectivity index (χ4n) is 3.01. The Kier molecular flexibility index (Phi) is 12.6. The number of carbonyl (C=O) groups excluding carboxylic acids is 1. The van der Waals surface area contributed by atoms with Gasteiger partial charge in [-0.2, -0.15) is 0 Å². The van der Waals surface area contributed by atoms with Gasteiger partial charge in [0.1, 0.15) is 0 Å². The molecule has 6 heteroatoms. The van der Waals surface area contributed by atoms with E-state index >= 15 is 0 Å². The Morgan fingerprint density at radius 2 is 1.83 bits per heavy atom. The van der Waals surface area contributed by atoms with Crippen LogP contribution in [0.25, 0.3) is 6.08 Å². The molecular weight excluding hydrogens is 370 g/mol. The van der Waals surface area contributed by atoms with Crippen LogP contribution in [-0.2, 0) is 9.53 Å². The lowest BCUT2D eigenvalue weighted by molar-refractivity contribution is -0.116. The first-order valence-corrected chi connectivity index (χ1v) is 10.4. The van der Waals surface area contributed by atoms with Crippen LogP contribution in [0.1, 0.15) is 51.5 Å². The number of carbonyl (C=O) groups is 1. The monoisotopic (exact) mass is 407 g/mol. The number of ether oxygens (including phenoxy) is 4. The molecule has 1 atom stereocenters. The van der Waals surface area contributed by atoms with Crippen molar-refractivity contribution < 1.29 is 23.7 Å². The Hall–Kier alpha value is -2.21. The summed E-state index contributed by atoms with van der Waals surface area (Å²) in [5, 5.41) is 2.88. The predicted molar refractivity (Wildman–Crippen MR) is 117 cm³/mol. The number of hydrogen-bond donors (Lipinski definition) is 1. The van der Waals surface area contributed by atoms with Crippen LogP contribution >= 0.6 is 0 Å². The van der Waals surface area contributed by atoms with Crippen molar-refractivity contribution in [1.82, 2.24) is 5.32 Å². The Bertz CT molecular complexity index is 630. The maximum atomic E-state index is 12.1. The fourth-order valence-corrected chi connectivity index (χ4v) is 3.01. The molecule has 1 rings (SSSR count). The van der Waals surface area contributed by atoms with Gasteiger partial charge < -0.3 is 24.3 Å². The van der Waals surface area contributed by atoms with E-state index in [1.807, 2.05) is 6.07 Å². The van der Waals surface area contributed by atoms with Gasteiger partial charge in [-0.3, -0.25) is 4.79 Å². The maximum absolute atomic E-state index is 12.1. The van der Waals surface area contributed by atoms with E-state index in [1.54, 1.807) is 33.5 Å². The topological polar surface area (TPSA) is 66.0 Å². The molecule has 1 amide bonds. The number of benzene rings is 1. The van der Waals surface area contributed by atoms with Crippen LogP contribution in [0.2, 0.25) is 0 Å². The van der Waals surface area contributed by atoms with Gasteiger partial charge in [0.05, 0.1) is 21.3 Å². The molecule has 0 spiro atoms. The van der Waals surface area contributed by atoms with E-state index in [-0.39, 0.29) is 5.91 Å². The smallest absolute Gasteiger partial charge is 0.244 e. The highest BCUT2D eigenvalue weighted by Gasteiger charge is 2.14. The lowest BCUT2D eigenvalue weighted by atomic mass is 10.0. The number of methoxy groups -OCH3 is 3. The normalized spacial score (nSPS) is 12.0. The lowest BCUT2D eigenvalue weighted by Crippen LogP contribution is -2.23. The molecule has 1 unspecified atom stereocenters. The van der Waals surface area contributed by atoms with Gasteiger partial charge in [0.25, 0.3) is 0 Å². The molecule has 0 heterocycles. The summed E-state index contributed by atoms with van der Waals surface area (Å²) in [5.41, 5.74) is 0.737. The summed E-state index contributed by atoms with van der Waals surface area (Å²) >= 11 is 0. The molecule has 0 radical (unpaired) electrons. The van der Waals surface area contributed by atoms with Crippen molar-refractivity contribution in [2.45, 2.75) is 46.0 Å². The lowest BCUT2D eigenvalue weighted by Gasteiger charge is -2.14. The van der Waals surface area contributed by atoms with E-state index < -0.39 is 0 Å². The Morgan fingerprint density at radius 1 is 1.07 bits per heavy atom. The largest absolute Gasteiger partial charge is 0.493 e. The molecule has 29 heavy (non-hydrogen) atoms. The summed E-state index contributed by atoms with van der Waals surface area (Å²) in [7, 11) is 4.67. The van der Waals surface area contributed by atoms with E-state index in [4.69, 9.17) is 18.9 Å². The van der Waals surface area contributed by atoms with Crippen LogP contribution in [0.5, 0.6) is 17.2 Å². The summed E-state index contributed by atoms with van der Waals surface area (Å²) in [4.78, 5) is 12.1. The summed E-state index contributed by atoms with van der Waals surface area (Å²) in [5.74, 6) is 2.09. The minimum absolute atomic E-state index is 0.156. The predicted octanol–water partition coefficient (Wildman–Crippen LogP) is 4.46. The van der Waals surface area contributed by atoms with E-state index in [2.05, 4.69) is 19.2 Å². The Morgan fingerprint density at radius 3 is 2.45 bits per heavy atom. The fraction of sp³-hybridized carbons (Fsp3) is 0.609. The number of hydrogen-bond acceptors (Lipinski definition) is 5. The van der Waals surface area contributed by atoms with Crippen LogP contribution in [0.4, 0.5) is 0 Å². The molecule has 0 bridgehead atoms. The van der Waals surface area contributed by atoms with Crippen molar-refractivity contribution in [1.29, 1.82) is 0 Å². The van der Waals surface area contributed by atoms with Crippen molar-refractivity contribution >= 4 is 12.0 Å². The van der Waals surface area contributed by atoms with Crippen molar-refractivity contribution in [2.24, 2.45) is 5.92 Å². The third-order valence-corrected chi connectivity index (χ3v) is 4.81. The molecule has 164 valence electrons. The molecule has 0 aliphatic rings. The highest BCUT2D eigenvalue weighted by atomic mass is 16.5. The average Bonchev–Trinajstić information content (AvgIpc) is 2.75. The second-order valence-corrected chi connectivity index (χ2v) is 6.89. The molecular formula is C23H37NO5. The van der Waals surface area contributed by atoms with E-state index in [0.717, 1.165) is 25.0 Å². The molecule has 0 saturated heterocycles. The molecule has 0 saturated carbocycles. The van der Waals surface area contributed by atoms with Crippen LogP contribution in [0.3, 0.4) is 0 Å². The van der Waals surface area contributed by atoms with E-state index in [1.165, 1.54) is 25.3 Å². The first-order valence-electron chi connectivity index (χ1n) is 10.4. The second kappa shape index (κ2) is 14.7. The second-order valence-electron chi connectivity index (χ2n) is 6.89. The number of amides is 1. The van der Waals surface area contributed by atoms with Gasteiger partial charge in [0.2, 0.25) is 11.7 Å². The molecule has 0 aromatic heterocycles. The molecule has 1 aromatic carbocycles. The van der Waals surface area contributed by atoms with E-state index in [9.17, 15) is 4.79 Å². The number of rotatable bonds is 15. The van der Waals surface area contributed by atoms with Crippen LogP contribution < -0.4 is 19.5 Å². The standard InChI is InChI=1S/C23H37NO5/c1-6-8-10-18(7-2)17-29-16-9-15-24-21(25)14-12-19-11-13-20(26-3)23(28-5)22(19)27-4/h11-14,18H,6-10,15-17H2,1-5H3,(H,24,25). The minimum atomic E-state index is -0.156. The van der Waals surface area contributed by atoms with Crippen molar-refractivity contribution in [3.63, 3.8) is 0 Å². The highest BCUT2D eigenvalue weighted by molar-refractivity contribution is 5.92. The van der Waals surface area contributed by atoms with Gasteiger partial charge in [-0.1, -0.05) is 33.1 Å².